The summed E-state index contributed by atoms with van der Waals surface area (Å²) < 4.78 is 6.07. The minimum Gasteiger partial charge on any atom is -0.492 e. The van der Waals surface area contributed by atoms with E-state index >= 15 is 0 Å². The molecule has 1 saturated heterocycles. The van der Waals surface area contributed by atoms with Gasteiger partial charge < -0.3 is 10.1 Å². The van der Waals surface area contributed by atoms with Gasteiger partial charge in [-0.15, -0.1) is 0 Å². The van der Waals surface area contributed by atoms with Crippen LogP contribution >= 0.6 is 0 Å². The average molecular weight is 260 g/mol. The fourth-order valence-corrected chi connectivity index (χ4v) is 3.11. The van der Waals surface area contributed by atoms with Crippen molar-refractivity contribution in [1.29, 1.82) is 0 Å². The summed E-state index contributed by atoms with van der Waals surface area (Å²) in [4.78, 5) is 2.45. The molecule has 0 radical (unpaired) electrons. The summed E-state index contributed by atoms with van der Waals surface area (Å²) in [6, 6.07) is 6.43. The summed E-state index contributed by atoms with van der Waals surface area (Å²) in [5, 5.41) is 3.38. The minimum atomic E-state index is 0.190. The second-order valence-corrected chi connectivity index (χ2v) is 6.16. The topological polar surface area (TPSA) is 24.5 Å². The predicted octanol–water partition coefficient (Wildman–Crippen LogP) is 2.91. The number of anilines is 1. The first-order valence-electron chi connectivity index (χ1n) is 7.38. The Bertz CT molecular complexity index is 460. The number of benzene rings is 1. The molecule has 3 heteroatoms. The zero-order chi connectivity index (χ0) is 13.3. The Hall–Kier alpha value is -1.22. The number of hydrogen-bond acceptors (Lipinski definition) is 3. The van der Waals surface area contributed by atoms with Gasteiger partial charge in [0.15, 0.2) is 0 Å². The fraction of sp³-hybridized carbons (Fsp3) is 0.625. The Labute approximate surface area is 115 Å². The molecule has 2 aliphatic rings. The van der Waals surface area contributed by atoms with Gasteiger partial charge in [0.2, 0.25) is 0 Å². The highest BCUT2D eigenvalue weighted by Crippen LogP contribution is 2.30. The summed E-state index contributed by atoms with van der Waals surface area (Å²) in [5.74, 6) is 1.02. The van der Waals surface area contributed by atoms with Crippen LogP contribution in [0.5, 0.6) is 5.75 Å². The van der Waals surface area contributed by atoms with E-state index in [0.29, 0.717) is 0 Å². The first kappa shape index (κ1) is 12.8. The van der Waals surface area contributed by atoms with Crippen molar-refractivity contribution in [2.75, 3.05) is 32.1 Å². The van der Waals surface area contributed by atoms with Crippen molar-refractivity contribution >= 4 is 5.69 Å². The highest BCUT2D eigenvalue weighted by Gasteiger charge is 2.32. The van der Waals surface area contributed by atoms with Crippen LogP contribution in [0.2, 0.25) is 0 Å². The van der Waals surface area contributed by atoms with Gasteiger partial charge in [0.05, 0.1) is 5.54 Å². The number of hydrogen-bond donors (Lipinski definition) is 1. The number of fused-ring (bicyclic) bond motifs is 1. The third kappa shape index (κ3) is 2.57. The maximum atomic E-state index is 6.07. The third-order valence-electron chi connectivity index (χ3n) is 4.72. The molecule has 19 heavy (non-hydrogen) atoms. The second kappa shape index (κ2) is 5.04. The smallest absolute Gasteiger partial charge is 0.119 e. The number of ether oxygens (including phenoxy) is 1. The summed E-state index contributed by atoms with van der Waals surface area (Å²) in [6.45, 7) is 5.35. The van der Waals surface area contributed by atoms with E-state index in [9.17, 15) is 0 Å². The second-order valence-electron chi connectivity index (χ2n) is 6.16. The van der Waals surface area contributed by atoms with Crippen LogP contribution < -0.4 is 10.1 Å². The van der Waals surface area contributed by atoms with Crippen molar-refractivity contribution in [3.8, 4) is 5.75 Å². The van der Waals surface area contributed by atoms with Crippen LogP contribution in [0.1, 0.15) is 31.7 Å². The Kier molecular flexibility index (Phi) is 3.40. The largest absolute Gasteiger partial charge is 0.492 e. The summed E-state index contributed by atoms with van der Waals surface area (Å²) in [6.07, 6.45) is 4.98. The number of nitrogens with one attached hydrogen (secondary N) is 1. The van der Waals surface area contributed by atoms with Gasteiger partial charge in [0.25, 0.3) is 0 Å². The van der Waals surface area contributed by atoms with E-state index in [0.717, 1.165) is 25.3 Å². The molecule has 1 N–H and O–H groups in total. The normalized spacial score (nSPS) is 26.8. The van der Waals surface area contributed by atoms with E-state index in [-0.39, 0.29) is 5.54 Å². The first-order valence-corrected chi connectivity index (χ1v) is 7.38. The van der Waals surface area contributed by atoms with Crippen LogP contribution in [-0.4, -0.2) is 37.2 Å². The van der Waals surface area contributed by atoms with Crippen molar-refractivity contribution in [1.82, 2.24) is 4.90 Å². The molecule has 3 rings (SSSR count). The maximum absolute atomic E-state index is 6.07. The molecule has 1 unspecified atom stereocenters. The molecule has 1 fully saturated rings. The van der Waals surface area contributed by atoms with Crippen molar-refractivity contribution in [3.63, 3.8) is 0 Å². The minimum absolute atomic E-state index is 0.190. The standard InChI is InChI=1S/C16H24N2O/c1-16(8-3-4-10-18(16)2)12-19-14-5-6-15-13(11-14)7-9-17-15/h5-6,11,17H,3-4,7-10,12H2,1-2H3. The number of nitrogens with zero attached hydrogens (tertiary/aromatic N) is 1. The Morgan fingerprint density at radius 3 is 3.11 bits per heavy atom. The lowest BCUT2D eigenvalue weighted by atomic mass is 9.90. The zero-order valence-electron chi connectivity index (χ0n) is 12.0. The molecule has 0 aromatic heterocycles. The molecule has 1 aromatic carbocycles. The van der Waals surface area contributed by atoms with Gasteiger partial charge in [0.1, 0.15) is 12.4 Å². The lowest BCUT2D eigenvalue weighted by Gasteiger charge is -2.42. The molecule has 3 nitrogen and oxygen atoms in total. The van der Waals surface area contributed by atoms with Crippen LogP contribution in [0, 0.1) is 0 Å². The Morgan fingerprint density at radius 1 is 1.37 bits per heavy atom. The van der Waals surface area contributed by atoms with E-state index in [2.05, 4.69) is 42.4 Å². The zero-order valence-corrected chi connectivity index (χ0v) is 12.0. The molecule has 0 aliphatic carbocycles. The highest BCUT2D eigenvalue weighted by atomic mass is 16.5. The maximum Gasteiger partial charge on any atom is 0.119 e. The molecular weight excluding hydrogens is 236 g/mol. The lowest BCUT2D eigenvalue weighted by Crippen LogP contribution is -2.51. The van der Waals surface area contributed by atoms with Gasteiger partial charge in [-0.1, -0.05) is 6.42 Å². The van der Waals surface area contributed by atoms with E-state index in [1.807, 2.05) is 0 Å². The Balaban J connectivity index is 1.65. The molecule has 0 saturated carbocycles. The first-order chi connectivity index (χ1) is 9.17. The van der Waals surface area contributed by atoms with E-state index < -0.39 is 0 Å². The van der Waals surface area contributed by atoms with Crippen LogP contribution in [0.4, 0.5) is 5.69 Å². The number of likely N-dealkylation sites (tertiary alicyclic amines) is 1. The molecule has 0 bridgehead atoms. The van der Waals surface area contributed by atoms with E-state index in [4.69, 9.17) is 4.74 Å². The SMILES string of the molecule is CN1CCCCC1(C)COc1ccc2c(c1)CCN2. The van der Waals surface area contributed by atoms with Crippen molar-refractivity contribution in [2.24, 2.45) is 0 Å². The van der Waals surface area contributed by atoms with Gasteiger partial charge >= 0.3 is 0 Å². The predicted molar refractivity (Wildman–Crippen MR) is 79.0 cm³/mol. The van der Waals surface area contributed by atoms with E-state index in [1.54, 1.807) is 0 Å². The molecule has 0 amide bonds. The van der Waals surface area contributed by atoms with Gasteiger partial charge in [0, 0.05) is 12.2 Å². The molecule has 2 heterocycles. The molecule has 0 spiro atoms. The lowest BCUT2D eigenvalue weighted by molar-refractivity contribution is 0.0420. The number of piperidine rings is 1. The van der Waals surface area contributed by atoms with Crippen molar-refractivity contribution in [3.05, 3.63) is 23.8 Å². The van der Waals surface area contributed by atoms with Crippen LogP contribution in [0.3, 0.4) is 0 Å². The summed E-state index contributed by atoms with van der Waals surface area (Å²) >= 11 is 0. The molecule has 1 atom stereocenters. The third-order valence-corrected chi connectivity index (χ3v) is 4.72. The average Bonchev–Trinajstić information content (AvgIpc) is 2.88. The molecular formula is C16H24N2O. The summed E-state index contributed by atoms with van der Waals surface area (Å²) in [5.41, 5.74) is 2.85. The van der Waals surface area contributed by atoms with Crippen LogP contribution in [0.15, 0.2) is 18.2 Å². The Morgan fingerprint density at radius 2 is 2.26 bits per heavy atom. The van der Waals surface area contributed by atoms with Gasteiger partial charge in [-0.05, 0) is 63.5 Å². The fourth-order valence-electron chi connectivity index (χ4n) is 3.11. The number of rotatable bonds is 3. The molecule has 1 aromatic rings. The van der Waals surface area contributed by atoms with Crippen LogP contribution in [0.25, 0.3) is 0 Å². The quantitative estimate of drug-likeness (QED) is 0.904. The number of likely N-dealkylation sites (N-methyl/N-ethyl adjacent to an activating group) is 1. The monoisotopic (exact) mass is 260 g/mol. The molecule has 2 aliphatic heterocycles. The van der Waals surface area contributed by atoms with Gasteiger partial charge in [-0.2, -0.15) is 0 Å². The van der Waals surface area contributed by atoms with Gasteiger partial charge in [-0.3, -0.25) is 4.90 Å². The highest BCUT2D eigenvalue weighted by molar-refractivity contribution is 5.57. The van der Waals surface area contributed by atoms with Crippen LogP contribution in [-0.2, 0) is 6.42 Å². The van der Waals surface area contributed by atoms with Gasteiger partial charge in [-0.25, -0.2) is 0 Å². The van der Waals surface area contributed by atoms with Crippen molar-refractivity contribution < 1.29 is 4.74 Å². The van der Waals surface area contributed by atoms with Crippen molar-refractivity contribution in [2.45, 2.75) is 38.1 Å². The van der Waals surface area contributed by atoms with E-state index in [1.165, 1.54) is 37.1 Å². The molecule has 104 valence electrons. The summed E-state index contributed by atoms with van der Waals surface area (Å²) in [7, 11) is 2.22.